The maximum absolute atomic E-state index is 12.9. The van der Waals surface area contributed by atoms with E-state index >= 15 is 0 Å². The highest BCUT2D eigenvalue weighted by Crippen LogP contribution is 2.32. The Kier molecular flexibility index (Phi) is 10.2. The van der Waals surface area contributed by atoms with Crippen molar-refractivity contribution >= 4 is 18.9 Å². The number of aromatic nitrogens is 3. The Morgan fingerprint density at radius 1 is 1.20 bits per heavy atom. The highest BCUT2D eigenvalue weighted by atomic mass is 16.3. The van der Waals surface area contributed by atoms with Gasteiger partial charge in [0, 0.05) is 51.8 Å². The van der Waals surface area contributed by atoms with Gasteiger partial charge in [-0.3, -0.25) is 24.3 Å². The molecule has 10 nitrogen and oxygen atoms in total. The van der Waals surface area contributed by atoms with Crippen LogP contribution >= 0.6 is 0 Å². The molecule has 0 spiro atoms. The molecule has 1 aliphatic heterocycles. The fourth-order valence-corrected chi connectivity index (χ4v) is 3.51. The summed E-state index contributed by atoms with van der Waals surface area (Å²) in [5.74, 6) is 0.147. The number of nitrogens with zero attached hydrogens (tertiary/aromatic N) is 5. The molecule has 1 amide bonds. The minimum atomic E-state index is -0.517. The van der Waals surface area contributed by atoms with E-state index in [-0.39, 0.29) is 18.9 Å². The van der Waals surface area contributed by atoms with Crippen molar-refractivity contribution in [2.45, 2.75) is 31.8 Å². The molecule has 1 saturated heterocycles. The number of hydrogen-bond acceptors (Lipinski definition) is 6. The number of aryl methyl sites for hydroxylation is 1. The Labute approximate surface area is 175 Å². The molecule has 0 bridgehead atoms. The zero-order valence-electron chi connectivity index (χ0n) is 17.5. The number of likely N-dealkylation sites (N-methyl/N-ethyl adjacent to an activating group) is 1. The Balaban J connectivity index is 0.000000672. The van der Waals surface area contributed by atoms with Gasteiger partial charge in [0.05, 0.1) is 12.0 Å². The first-order chi connectivity index (χ1) is 14.3. The zero-order chi connectivity index (χ0) is 22.6. The Morgan fingerprint density at radius 3 is 2.27 bits per heavy atom. The van der Waals surface area contributed by atoms with Crippen molar-refractivity contribution in [2.75, 3.05) is 27.2 Å². The third-order valence-corrected chi connectivity index (χ3v) is 4.82. The number of hydrogen-bond donors (Lipinski definition) is 2. The molecule has 30 heavy (non-hydrogen) atoms. The molecular weight excluding hydrogens is 390 g/mol. The molecule has 164 valence electrons. The first-order valence-electron chi connectivity index (χ1n) is 9.35. The second-order valence-electron chi connectivity index (χ2n) is 6.96. The lowest BCUT2D eigenvalue weighted by molar-refractivity contribution is -0.141. The van der Waals surface area contributed by atoms with E-state index in [4.69, 9.17) is 19.8 Å². The van der Waals surface area contributed by atoms with Crippen molar-refractivity contribution in [1.82, 2.24) is 24.3 Å². The van der Waals surface area contributed by atoms with E-state index in [0.717, 1.165) is 43.9 Å². The summed E-state index contributed by atoms with van der Waals surface area (Å²) in [7, 11) is 3.65. The fourth-order valence-electron chi connectivity index (χ4n) is 3.51. The van der Waals surface area contributed by atoms with Crippen LogP contribution in [0.1, 0.15) is 24.2 Å². The molecule has 0 atom stereocenters. The van der Waals surface area contributed by atoms with Crippen LogP contribution in [0.3, 0.4) is 0 Å². The topological polar surface area (TPSA) is 129 Å². The van der Waals surface area contributed by atoms with E-state index < -0.39 is 5.54 Å². The number of rotatable bonds is 4. The van der Waals surface area contributed by atoms with Gasteiger partial charge in [-0.1, -0.05) is 6.07 Å². The van der Waals surface area contributed by atoms with Crippen molar-refractivity contribution < 1.29 is 24.6 Å². The SMILES string of the molecule is Cc1cccc(CN2CCC(C(=O)N(C)C)(n3ccnc3)CC2)n1.O=CO.O=CO. The van der Waals surface area contributed by atoms with E-state index in [9.17, 15) is 4.79 Å². The van der Waals surface area contributed by atoms with Gasteiger partial charge in [0.1, 0.15) is 5.54 Å². The molecule has 0 aromatic carbocycles. The molecule has 1 fully saturated rings. The van der Waals surface area contributed by atoms with Gasteiger partial charge in [-0.15, -0.1) is 0 Å². The summed E-state index contributed by atoms with van der Waals surface area (Å²) < 4.78 is 1.98. The highest BCUT2D eigenvalue weighted by molar-refractivity contribution is 5.84. The summed E-state index contributed by atoms with van der Waals surface area (Å²) in [4.78, 5) is 42.4. The second kappa shape index (κ2) is 12.3. The number of carbonyl (C=O) groups excluding carboxylic acids is 1. The van der Waals surface area contributed by atoms with Crippen LogP contribution in [0.2, 0.25) is 0 Å². The van der Waals surface area contributed by atoms with Gasteiger partial charge in [-0.2, -0.15) is 0 Å². The van der Waals surface area contributed by atoms with E-state index in [1.165, 1.54) is 0 Å². The fraction of sp³-hybridized carbons (Fsp3) is 0.450. The minimum absolute atomic E-state index is 0.147. The van der Waals surface area contributed by atoms with Gasteiger partial charge in [0.15, 0.2) is 0 Å². The van der Waals surface area contributed by atoms with Crippen LogP contribution in [0.4, 0.5) is 0 Å². The van der Waals surface area contributed by atoms with Gasteiger partial charge in [-0.05, 0) is 31.9 Å². The number of carbonyl (C=O) groups is 3. The molecule has 2 aromatic rings. The molecule has 10 heteroatoms. The number of carboxylic acid groups (broad SMARTS) is 2. The average Bonchev–Trinajstić information content (AvgIpc) is 3.25. The maximum atomic E-state index is 12.9. The van der Waals surface area contributed by atoms with Crippen LogP contribution in [-0.2, 0) is 26.5 Å². The lowest BCUT2D eigenvalue weighted by Gasteiger charge is -2.42. The van der Waals surface area contributed by atoms with Crippen molar-refractivity contribution in [1.29, 1.82) is 0 Å². The largest absolute Gasteiger partial charge is 0.483 e. The van der Waals surface area contributed by atoms with Crippen LogP contribution in [0.5, 0.6) is 0 Å². The summed E-state index contributed by atoms with van der Waals surface area (Å²) in [6, 6.07) is 6.13. The van der Waals surface area contributed by atoms with E-state index in [1.807, 2.05) is 43.9 Å². The molecule has 0 unspecified atom stereocenters. The highest BCUT2D eigenvalue weighted by Gasteiger charge is 2.43. The van der Waals surface area contributed by atoms with Crippen LogP contribution in [0.25, 0.3) is 0 Å². The number of imidazole rings is 1. The summed E-state index contributed by atoms with van der Waals surface area (Å²) in [6.45, 7) is 4.08. The Hall–Kier alpha value is -3.27. The van der Waals surface area contributed by atoms with Crippen LogP contribution in [0.15, 0.2) is 36.9 Å². The van der Waals surface area contributed by atoms with E-state index in [1.54, 1.807) is 17.4 Å². The Morgan fingerprint density at radius 2 is 1.80 bits per heavy atom. The zero-order valence-corrected chi connectivity index (χ0v) is 17.5. The number of likely N-dealkylation sites (tertiary alicyclic amines) is 1. The predicted molar refractivity (Wildman–Crippen MR) is 110 cm³/mol. The first kappa shape index (κ1) is 24.8. The third kappa shape index (κ3) is 6.66. The molecule has 1 aliphatic rings. The number of pyridine rings is 1. The third-order valence-electron chi connectivity index (χ3n) is 4.82. The molecule has 3 heterocycles. The summed E-state index contributed by atoms with van der Waals surface area (Å²) >= 11 is 0. The molecular formula is C20H29N5O5. The van der Waals surface area contributed by atoms with Gasteiger partial charge in [0.2, 0.25) is 5.91 Å². The lowest BCUT2D eigenvalue weighted by Crippen LogP contribution is -2.54. The van der Waals surface area contributed by atoms with Gasteiger partial charge in [0.25, 0.3) is 12.9 Å². The molecule has 0 radical (unpaired) electrons. The number of amides is 1. The van der Waals surface area contributed by atoms with Crippen molar-refractivity contribution in [3.63, 3.8) is 0 Å². The smallest absolute Gasteiger partial charge is 0.290 e. The lowest BCUT2D eigenvalue weighted by atomic mass is 9.85. The van der Waals surface area contributed by atoms with Crippen molar-refractivity contribution in [3.05, 3.63) is 48.3 Å². The molecule has 2 N–H and O–H groups in total. The van der Waals surface area contributed by atoms with Crippen LogP contribution < -0.4 is 0 Å². The molecule has 2 aromatic heterocycles. The van der Waals surface area contributed by atoms with E-state index in [0.29, 0.717) is 0 Å². The van der Waals surface area contributed by atoms with Gasteiger partial charge >= 0.3 is 0 Å². The number of piperidine rings is 1. The minimum Gasteiger partial charge on any atom is -0.483 e. The van der Waals surface area contributed by atoms with E-state index in [2.05, 4.69) is 20.9 Å². The normalized spacial score (nSPS) is 14.9. The molecule has 3 rings (SSSR count). The molecule has 0 saturated carbocycles. The van der Waals surface area contributed by atoms with Gasteiger partial charge in [-0.25, -0.2) is 4.98 Å². The first-order valence-corrected chi connectivity index (χ1v) is 9.35. The predicted octanol–water partition coefficient (Wildman–Crippen LogP) is 1.07. The Bertz CT molecular complexity index is 781. The van der Waals surface area contributed by atoms with Crippen LogP contribution in [0, 0.1) is 6.92 Å². The maximum Gasteiger partial charge on any atom is 0.290 e. The van der Waals surface area contributed by atoms with Crippen molar-refractivity contribution in [2.24, 2.45) is 0 Å². The average molecular weight is 419 g/mol. The quantitative estimate of drug-likeness (QED) is 0.704. The van der Waals surface area contributed by atoms with Crippen LogP contribution in [-0.4, -0.2) is 80.6 Å². The summed E-state index contributed by atoms with van der Waals surface area (Å²) in [5.41, 5.74) is 1.61. The summed E-state index contributed by atoms with van der Waals surface area (Å²) in [6.07, 6.45) is 6.98. The standard InChI is InChI=1S/C18H25N5O.2CH2O2/c1-15-5-4-6-16(20-15)13-22-10-7-18(8-11-22,17(24)21(2)3)23-12-9-19-14-23;2*2-1-3/h4-6,9,12,14H,7-8,10-11,13H2,1-3H3;2*1H,(H,2,3). The summed E-state index contributed by atoms with van der Waals surface area (Å²) in [5, 5.41) is 13.8. The molecule has 0 aliphatic carbocycles. The van der Waals surface area contributed by atoms with Gasteiger partial charge < -0.3 is 19.7 Å². The van der Waals surface area contributed by atoms with Crippen molar-refractivity contribution in [3.8, 4) is 0 Å². The monoisotopic (exact) mass is 419 g/mol. The second-order valence-corrected chi connectivity index (χ2v) is 6.96.